The van der Waals surface area contributed by atoms with Crippen molar-refractivity contribution in [2.45, 2.75) is 38.5 Å². The normalized spacial score (nSPS) is 31.2. The van der Waals surface area contributed by atoms with Crippen LogP contribution in [0.4, 0.5) is 0 Å². The molecule has 6 rings (SSSR count). The SMILES string of the molecule is CO/C(=C1/C2CCC3CC(C2)CC1C3)c1c(Cl)c(O)cc2oc(=O)ccc12. The van der Waals surface area contributed by atoms with Crippen molar-refractivity contribution in [2.24, 2.45) is 23.7 Å². The van der Waals surface area contributed by atoms with Crippen LogP contribution in [0.1, 0.15) is 44.1 Å². The maximum atomic E-state index is 11.7. The van der Waals surface area contributed by atoms with Crippen molar-refractivity contribution in [3.05, 3.63) is 44.8 Å². The number of aromatic hydroxyl groups is 1. The van der Waals surface area contributed by atoms with Gasteiger partial charge in [0.2, 0.25) is 0 Å². The highest BCUT2D eigenvalue weighted by atomic mass is 35.5. The Morgan fingerprint density at radius 2 is 1.93 bits per heavy atom. The van der Waals surface area contributed by atoms with Gasteiger partial charge in [-0.25, -0.2) is 4.79 Å². The van der Waals surface area contributed by atoms with Crippen LogP contribution in [0.25, 0.3) is 16.7 Å². The van der Waals surface area contributed by atoms with Crippen LogP contribution in [-0.2, 0) is 4.74 Å². The number of benzene rings is 1. The summed E-state index contributed by atoms with van der Waals surface area (Å²) in [6.07, 6.45) is 7.53. The van der Waals surface area contributed by atoms with Crippen LogP contribution in [0.3, 0.4) is 0 Å². The minimum Gasteiger partial charge on any atom is -0.506 e. The second-order valence-electron chi connectivity index (χ2n) is 8.39. The molecule has 4 atom stereocenters. The lowest BCUT2D eigenvalue weighted by Gasteiger charge is -2.41. The maximum absolute atomic E-state index is 11.7. The highest BCUT2D eigenvalue weighted by Gasteiger charge is 2.44. The van der Waals surface area contributed by atoms with Gasteiger partial charge in [0.15, 0.2) is 0 Å². The maximum Gasteiger partial charge on any atom is 0.336 e. The van der Waals surface area contributed by atoms with E-state index < -0.39 is 5.63 Å². The molecule has 4 aliphatic rings. The summed E-state index contributed by atoms with van der Waals surface area (Å²) >= 11 is 6.56. The Labute approximate surface area is 162 Å². The Balaban J connectivity index is 1.79. The highest BCUT2D eigenvalue weighted by Crippen LogP contribution is 2.56. The fourth-order valence-corrected chi connectivity index (χ4v) is 6.20. The Hall–Kier alpha value is -1.94. The summed E-state index contributed by atoms with van der Waals surface area (Å²) in [5.74, 6) is 3.37. The predicted octanol–water partition coefficient (Wildman–Crippen LogP) is 5.36. The van der Waals surface area contributed by atoms with Crippen molar-refractivity contribution in [2.75, 3.05) is 7.11 Å². The van der Waals surface area contributed by atoms with Crippen LogP contribution >= 0.6 is 11.6 Å². The van der Waals surface area contributed by atoms with Crippen LogP contribution in [-0.4, -0.2) is 12.2 Å². The molecule has 4 bridgehead atoms. The monoisotopic (exact) mass is 386 g/mol. The molecular formula is C22H23ClO4. The zero-order valence-electron chi connectivity index (χ0n) is 15.3. The van der Waals surface area contributed by atoms with E-state index in [2.05, 4.69) is 0 Å². The van der Waals surface area contributed by atoms with Gasteiger partial charge in [0, 0.05) is 23.1 Å². The third-order valence-corrected chi connectivity index (χ3v) is 7.24. The molecule has 27 heavy (non-hydrogen) atoms. The molecule has 2 aromatic rings. The Kier molecular flexibility index (Phi) is 4.01. The predicted molar refractivity (Wildman–Crippen MR) is 105 cm³/mol. The lowest BCUT2D eigenvalue weighted by Crippen LogP contribution is -2.30. The number of hydrogen-bond donors (Lipinski definition) is 1. The van der Waals surface area contributed by atoms with Crippen LogP contribution in [0, 0.1) is 23.7 Å². The van der Waals surface area contributed by atoms with Gasteiger partial charge >= 0.3 is 5.63 Å². The van der Waals surface area contributed by atoms with Crippen molar-refractivity contribution in [3.63, 3.8) is 0 Å². The number of phenols is 1. The van der Waals surface area contributed by atoms with Gasteiger partial charge < -0.3 is 14.3 Å². The molecule has 5 heteroatoms. The van der Waals surface area contributed by atoms with E-state index in [1.807, 2.05) is 0 Å². The standard InChI is InChI=1S/C22H23ClO4/c1-26-22(19-13-3-2-11-6-12(8-13)9-14(19)7-11)20-15-4-5-18(25)27-17(15)10-16(24)21(20)23/h4-5,10-14,24H,2-3,6-9H2,1H3/b22-19-. The van der Waals surface area contributed by atoms with E-state index in [9.17, 15) is 9.90 Å². The molecule has 142 valence electrons. The molecule has 4 unspecified atom stereocenters. The molecule has 4 fully saturated rings. The van der Waals surface area contributed by atoms with Gasteiger partial charge in [0.25, 0.3) is 0 Å². The quantitative estimate of drug-likeness (QED) is 0.557. The van der Waals surface area contributed by atoms with Crippen molar-refractivity contribution in [3.8, 4) is 5.75 Å². The molecular weight excluding hydrogens is 364 g/mol. The first-order chi connectivity index (χ1) is 13.0. The fourth-order valence-electron chi connectivity index (χ4n) is 5.96. The third-order valence-electron chi connectivity index (χ3n) is 6.86. The van der Waals surface area contributed by atoms with E-state index >= 15 is 0 Å². The number of fused-ring (bicyclic) bond motifs is 2. The zero-order valence-corrected chi connectivity index (χ0v) is 16.1. The molecule has 1 aromatic carbocycles. The van der Waals surface area contributed by atoms with Gasteiger partial charge in [0.1, 0.15) is 17.1 Å². The first-order valence-electron chi connectivity index (χ1n) is 9.79. The van der Waals surface area contributed by atoms with Gasteiger partial charge in [-0.15, -0.1) is 0 Å². The third kappa shape index (κ3) is 2.68. The molecule has 4 nitrogen and oxygen atoms in total. The van der Waals surface area contributed by atoms with E-state index in [0.29, 0.717) is 28.4 Å². The van der Waals surface area contributed by atoms with Crippen molar-refractivity contribution in [1.29, 1.82) is 0 Å². The molecule has 0 aliphatic heterocycles. The van der Waals surface area contributed by atoms with Crippen LogP contribution in [0.5, 0.6) is 5.75 Å². The van der Waals surface area contributed by atoms with E-state index in [1.165, 1.54) is 56.2 Å². The molecule has 1 heterocycles. The first kappa shape index (κ1) is 17.2. The van der Waals surface area contributed by atoms with Crippen LogP contribution in [0.15, 0.2) is 33.0 Å². The number of allylic oxidation sites excluding steroid dienone is 1. The van der Waals surface area contributed by atoms with Gasteiger partial charge in [0.05, 0.1) is 12.1 Å². The highest BCUT2D eigenvalue weighted by molar-refractivity contribution is 6.35. The van der Waals surface area contributed by atoms with Crippen molar-refractivity contribution < 1.29 is 14.3 Å². The van der Waals surface area contributed by atoms with Gasteiger partial charge in [-0.3, -0.25) is 0 Å². The molecule has 1 N–H and O–H groups in total. The minimum absolute atomic E-state index is 0.0923. The lowest BCUT2D eigenvalue weighted by atomic mass is 9.64. The molecule has 4 aliphatic carbocycles. The van der Waals surface area contributed by atoms with Gasteiger partial charge in [-0.1, -0.05) is 11.6 Å². The molecule has 4 saturated carbocycles. The average molecular weight is 387 g/mol. The molecule has 0 saturated heterocycles. The number of halogens is 1. The molecule has 0 radical (unpaired) electrons. The summed E-state index contributed by atoms with van der Waals surface area (Å²) in [6, 6.07) is 4.51. The van der Waals surface area contributed by atoms with E-state index in [0.717, 1.165) is 17.6 Å². The Morgan fingerprint density at radius 1 is 1.15 bits per heavy atom. The number of methoxy groups -OCH3 is 1. The van der Waals surface area contributed by atoms with E-state index in [-0.39, 0.29) is 10.8 Å². The number of rotatable bonds is 2. The van der Waals surface area contributed by atoms with Gasteiger partial charge in [-0.05, 0) is 73.8 Å². The summed E-state index contributed by atoms with van der Waals surface area (Å²) in [4.78, 5) is 11.7. The van der Waals surface area contributed by atoms with Crippen molar-refractivity contribution in [1.82, 2.24) is 0 Å². The topological polar surface area (TPSA) is 59.7 Å². The summed E-state index contributed by atoms with van der Waals surface area (Å²) in [5.41, 5.74) is 1.89. The minimum atomic E-state index is -0.451. The summed E-state index contributed by atoms with van der Waals surface area (Å²) in [7, 11) is 1.68. The van der Waals surface area contributed by atoms with E-state index in [1.54, 1.807) is 13.2 Å². The lowest BCUT2D eigenvalue weighted by molar-refractivity contribution is 0.180. The summed E-state index contributed by atoms with van der Waals surface area (Å²) in [5, 5.41) is 11.3. The fraction of sp³-hybridized carbons (Fsp3) is 0.500. The number of hydrogen-bond acceptors (Lipinski definition) is 4. The molecule has 1 aromatic heterocycles. The zero-order chi connectivity index (χ0) is 18.7. The van der Waals surface area contributed by atoms with Gasteiger partial charge in [-0.2, -0.15) is 0 Å². The first-order valence-corrected chi connectivity index (χ1v) is 10.2. The smallest absolute Gasteiger partial charge is 0.336 e. The Bertz CT molecular complexity index is 995. The van der Waals surface area contributed by atoms with Crippen molar-refractivity contribution >= 4 is 28.3 Å². The summed E-state index contributed by atoms with van der Waals surface area (Å²) < 4.78 is 11.3. The average Bonchev–Trinajstić information content (AvgIpc) is 2.85. The second-order valence-corrected chi connectivity index (χ2v) is 8.76. The van der Waals surface area contributed by atoms with Crippen LogP contribution in [0.2, 0.25) is 5.02 Å². The summed E-state index contributed by atoms with van der Waals surface area (Å²) in [6.45, 7) is 0. The largest absolute Gasteiger partial charge is 0.506 e. The second kappa shape index (κ2) is 6.30. The number of ether oxygens (including phenoxy) is 1. The molecule has 0 amide bonds. The van der Waals surface area contributed by atoms with E-state index in [4.69, 9.17) is 20.8 Å². The number of phenolic OH excluding ortho intramolecular Hbond substituents is 1. The Morgan fingerprint density at radius 3 is 2.74 bits per heavy atom. The molecule has 0 spiro atoms. The van der Waals surface area contributed by atoms with Crippen LogP contribution < -0.4 is 5.63 Å².